The molecule has 3 heteroatoms. The van der Waals surface area contributed by atoms with Crippen LogP contribution in [-0.2, 0) is 0 Å². The van der Waals surface area contributed by atoms with Gasteiger partial charge in [-0.1, -0.05) is 170 Å². The quantitative estimate of drug-likeness (QED) is 0.149. The Labute approximate surface area is 376 Å². The van der Waals surface area contributed by atoms with Crippen LogP contribution in [0.1, 0.15) is 0 Å². The molecule has 0 saturated carbocycles. The first-order valence-electron chi connectivity index (χ1n) is 22.2. The Morgan fingerprint density at radius 3 is 1.49 bits per heavy atom. The smallest absolute Gasteiger partial charge is 0.136 e. The molecule has 0 N–H and O–H groups in total. The van der Waals surface area contributed by atoms with E-state index in [0.29, 0.717) is 0 Å². The maximum absolute atomic E-state index is 6.21. The first kappa shape index (κ1) is 36.9. The van der Waals surface area contributed by atoms with Crippen LogP contribution in [0.3, 0.4) is 0 Å². The van der Waals surface area contributed by atoms with Gasteiger partial charge in [-0.2, -0.15) is 0 Å². The Hall–Kier alpha value is -8.66. The van der Waals surface area contributed by atoms with Crippen molar-refractivity contribution in [3.63, 3.8) is 0 Å². The van der Waals surface area contributed by atoms with Crippen molar-refractivity contribution in [2.45, 2.75) is 0 Å². The van der Waals surface area contributed by atoms with Gasteiger partial charge < -0.3 is 13.9 Å². The molecule has 0 unspecified atom stereocenters. The predicted molar refractivity (Wildman–Crippen MR) is 274 cm³/mol. The average Bonchev–Trinajstić information content (AvgIpc) is 3.92. The average molecular weight is 829 g/mol. The van der Waals surface area contributed by atoms with Gasteiger partial charge in [0.15, 0.2) is 0 Å². The number of fused-ring (bicyclic) bond motifs is 9. The van der Waals surface area contributed by atoms with E-state index in [1.807, 2.05) is 12.1 Å². The third-order valence-corrected chi connectivity index (χ3v) is 13.2. The van der Waals surface area contributed by atoms with Crippen LogP contribution in [0.2, 0.25) is 0 Å². The lowest BCUT2D eigenvalue weighted by molar-refractivity contribution is 0.669. The topological polar surface area (TPSA) is 21.3 Å². The van der Waals surface area contributed by atoms with Crippen LogP contribution in [0.4, 0.5) is 17.1 Å². The third kappa shape index (κ3) is 6.20. The van der Waals surface area contributed by atoms with E-state index < -0.39 is 0 Å². The molecule has 11 aromatic carbocycles. The highest BCUT2D eigenvalue weighted by atomic mass is 16.3. The molecule has 2 heterocycles. The Morgan fingerprint density at radius 1 is 0.292 bits per heavy atom. The van der Waals surface area contributed by atoms with Crippen LogP contribution >= 0.6 is 0 Å². The van der Waals surface area contributed by atoms with Crippen LogP contribution in [0.5, 0.6) is 0 Å². The molecule has 65 heavy (non-hydrogen) atoms. The van der Waals surface area contributed by atoms with Crippen LogP contribution < -0.4 is 4.90 Å². The van der Waals surface area contributed by atoms with Crippen LogP contribution in [0.25, 0.3) is 104 Å². The number of aromatic nitrogens is 1. The third-order valence-electron chi connectivity index (χ3n) is 13.2. The molecule has 304 valence electrons. The number of hydrogen-bond donors (Lipinski definition) is 0. The SMILES string of the molecule is c1ccc(-n2c3ccccc3c3ccccc32)c(-c2ccc(N(c3ccc(-c4ccc(-c5ccc6c(c5)oc5ccccc56)cc4)cc3)c3ccc4c(ccc5ccccc54)c3)cc2)c1. The summed E-state index contributed by atoms with van der Waals surface area (Å²) in [6.45, 7) is 0. The van der Waals surface area contributed by atoms with Crippen molar-refractivity contribution in [1.82, 2.24) is 4.57 Å². The number of benzene rings is 11. The lowest BCUT2D eigenvalue weighted by Crippen LogP contribution is -2.10. The van der Waals surface area contributed by atoms with Gasteiger partial charge in [-0.15, -0.1) is 0 Å². The fraction of sp³-hybridized carbons (Fsp3) is 0. The van der Waals surface area contributed by atoms with Gasteiger partial charge >= 0.3 is 0 Å². The van der Waals surface area contributed by atoms with Gasteiger partial charge in [0.1, 0.15) is 11.2 Å². The molecule has 0 radical (unpaired) electrons. The van der Waals surface area contributed by atoms with Crippen LogP contribution in [0, 0.1) is 0 Å². The number of rotatable bonds is 7. The first-order valence-corrected chi connectivity index (χ1v) is 22.2. The monoisotopic (exact) mass is 828 g/mol. The standard InChI is InChI=1S/C62H40N2O/c1-2-12-51-44(11-1)25-26-47-39-50(36-38-52(47)51)63(48-32-27-42(28-33-48)41-21-23-43(24-22-41)46-31-37-57-56-16-6-10-20-61(56)65-62(57)40-46)49-34-29-45(30-35-49)53-13-3-7-17-58(53)64-59-18-8-4-14-54(59)55-15-5-9-19-60(55)64/h1-40H. The van der Waals surface area contributed by atoms with Gasteiger partial charge in [-0.05, 0) is 122 Å². The Bertz CT molecular complexity index is 3880. The Kier molecular flexibility index (Phi) is 8.53. The molecule has 0 saturated heterocycles. The molecule has 0 bridgehead atoms. The van der Waals surface area contributed by atoms with Crippen molar-refractivity contribution in [2.24, 2.45) is 0 Å². The van der Waals surface area contributed by atoms with Crippen LogP contribution in [-0.4, -0.2) is 4.57 Å². The molecule has 0 aliphatic rings. The van der Waals surface area contributed by atoms with E-state index in [2.05, 4.69) is 240 Å². The predicted octanol–water partition coefficient (Wildman–Crippen LogP) is 17.5. The van der Waals surface area contributed by atoms with Gasteiger partial charge in [0.05, 0.1) is 16.7 Å². The molecular weight excluding hydrogens is 789 g/mol. The number of hydrogen-bond acceptors (Lipinski definition) is 2. The Balaban J connectivity index is 0.870. The first-order chi connectivity index (χ1) is 32.2. The summed E-state index contributed by atoms with van der Waals surface area (Å²) in [4.78, 5) is 2.37. The number of furan rings is 1. The van der Waals surface area contributed by atoms with Crippen molar-refractivity contribution in [1.29, 1.82) is 0 Å². The molecule has 0 aliphatic heterocycles. The largest absolute Gasteiger partial charge is 0.456 e. The second-order valence-corrected chi connectivity index (χ2v) is 16.9. The van der Waals surface area contributed by atoms with Crippen molar-refractivity contribution in [2.75, 3.05) is 4.90 Å². The second-order valence-electron chi connectivity index (χ2n) is 16.9. The fourth-order valence-electron chi connectivity index (χ4n) is 10.0. The van der Waals surface area contributed by atoms with Crippen LogP contribution in [0.15, 0.2) is 247 Å². The molecule has 0 amide bonds. The molecule has 0 aliphatic carbocycles. The van der Waals surface area contributed by atoms with Gasteiger partial charge in [-0.3, -0.25) is 0 Å². The summed E-state index contributed by atoms with van der Waals surface area (Å²) in [5.74, 6) is 0. The van der Waals surface area contributed by atoms with Gasteiger partial charge in [0, 0.05) is 44.2 Å². The van der Waals surface area contributed by atoms with E-state index in [1.54, 1.807) is 0 Å². The minimum Gasteiger partial charge on any atom is -0.456 e. The summed E-state index contributed by atoms with van der Waals surface area (Å²) < 4.78 is 8.62. The highest BCUT2D eigenvalue weighted by Gasteiger charge is 2.18. The normalized spacial score (nSPS) is 11.7. The van der Waals surface area contributed by atoms with E-state index in [4.69, 9.17) is 4.42 Å². The van der Waals surface area contributed by atoms with Gasteiger partial charge in [0.2, 0.25) is 0 Å². The van der Waals surface area contributed by atoms with E-state index in [1.165, 1.54) is 54.5 Å². The van der Waals surface area contributed by atoms with E-state index in [-0.39, 0.29) is 0 Å². The van der Waals surface area contributed by atoms with Crippen molar-refractivity contribution >= 4 is 82.4 Å². The Morgan fingerprint density at radius 2 is 0.769 bits per heavy atom. The lowest BCUT2D eigenvalue weighted by Gasteiger charge is -2.26. The molecule has 0 spiro atoms. The summed E-state index contributed by atoms with van der Waals surface area (Å²) in [7, 11) is 0. The lowest BCUT2D eigenvalue weighted by atomic mass is 9.99. The fourth-order valence-corrected chi connectivity index (χ4v) is 10.0. The maximum Gasteiger partial charge on any atom is 0.136 e. The van der Waals surface area contributed by atoms with E-state index >= 15 is 0 Å². The summed E-state index contributed by atoms with van der Waals surface area (Å²) in [5, 5.41) is 9.77. The second kappa shape index (κ2) is 15.0. The molecule has 0 atom stereocenters. The van der Waals surface area contributed by atoms with Crippen molar-refractivity contribution < 1.29 is 4.42 Å². The molecule has 3 nitrogen and oxygen atoms in total. The summed E-state index contributed by atoms with van der Waals surface area (Å²) in [6, 6.07) is 87.8. The molecule has 0 fully saturated rings. The summed E-state index contributed by atoms with van der Waals surface area (Å²) >= 11 is 0. The summed E-state index contributed by atoms with van der Waals surface area (Å²) in [6.07, 6.45) is 0. The van der Waals surface area contributed by atoms with E-state index in [9.17, 15) is 0 Å². The molecule has 13 aromatic rings. The number of para-hydroxylation sites is 4. The maximum atomic E-state index is 6.21. The van der Waals surface area contributed by atoms with Gasteiger partial charge in [0.25, 0.3) is 0 Å². The molecular formula is C62H40N2O. The number of anilines is 3. The zero-order valence-electron chi connectivity index (χ0n) is 35.4. The highest BCUT2D eigenvalue weighted by Crippen LogP contribution is 2.41. The van der Waals surface area contributed by atoms with Gasteiger partial charge in [-0.25, -0.2) is 0 Å². The zero-order valence-corrected chi connectivity index (χ0v) is 35.4. The van der Waals surface area contributed by atoms with Crippen molar-refractivity contribution in [3.8, 4) is 39.1 Å². The summed E-state index contributed by atoms with van der Waals surface area (Å²) in [5.41, 5.74) is 15.6. The van der Waals surface area contributed by atoms with E-state index in [0.717, 1.165) is 66.9 Å². The minimum atomic E-state index is 0.909. The number of nitrogens with zero attached hydrogens (tertiary/aromatic N) is 2. The molecule has 13 rings (SSSR count). The molecule has 2 aromatic heterocycles. The zero-order chi connectivity index (χ0) is 42.8. The highest BCUT2D eigenvalue weighted by molar-refractivity contribution is 6.11. The minimum absolute atomic E-state index is 0.909. The van der Waals surface area contributed by atoms with Crippen molar-refractivity contribution in [3.05, 3.63) is 243 Å².